The van der Waals surface area contributed by atoms with Crippen molar-refractivity contribution in [2.24, 2.45) is 23.6 Å². The average Bonchev–Trinajstić information content (AvgIpc) is 2.33. The molecule has 106 valence electrons. The maximum absolute atomic E-state index is 6.13. The smallest absolute Gasteiger partial charge is 0.0509 e. The van der Waals surface area contributed by atoms with E-state index in [-0.39, 0.29) is 6.04 Å². The number of rotatable bonds is 3. The van der Waals surface area contributed by atoms with E-state index in [1.54, 1.807) is 0 Å². The highest BCUT2D eigenvalue weighted by Crippen LogP contribution is 2.41. The zero-order valence-electron chi connectivity index (χ0n) is 11.7. The Morgan fingerprint density at radius 3 is 2.42 bits per heavy atom. The van der Waals surface area contributed by atoms with E-state index >= 15 is 0 Å². The normalized spacial score (nSPS) is 29.2. The third kappa shape index (κ3) is 3.50. The molecular weight excluding hydrogens is 302 g/mol. The molecule has 4 heteroatoms. The van der Waals surface area contributed by atoms with Crippen molar-refractivity contribution in [1.82, 2.24) is 5.43 Å². The van der Waals surface area contributed by atoms with Crippen molar-refractivity contribution in [2.45, 2.75) is 39.2 Å². The van der Waals surface area contributed by atoms with E-state index in [1.807, 2.05) is 12.1 Å². The third-order valence-corrected chi connectivity index (χ3v) is 4.74. The Bertz CT molecular complexity index is 425. The lowest BCUT2D eigenvalue weighted by molar-refractivity contribution is 0.177. The van der Waals surface area contributed by atoms with Gasteiger partial charge in [0.05, 0.1) is 6.04 Å². The highest BCUT2D eigenvalue weighted by molar-refractivity contribution is 9.10. The number of hydrogen-bond donors (Lipinski definition) is 3. The Morgan fingerprint density at radius 2 is 1.84 bits per heavy atom. The molecule has 1 aromatic rings. The van der Waals surface area contributed by atoms with E-state index in [2.05, 4.69) is 41.3 Å². The summed E-state index contributed by atoms with van der Waals surface area (Å²) in [7, 11) is 0. The molecule has 1 aliphatic carbocycles. The van der Waals surface area contributed by atoms with E-state index in [4.69, 9.17) is 11.6 Å². The van der Waals surface area contributed by atoms with Gasteiger partial charge >= 0.3 is 0 Å². The lowest BCUT2D eigenvalue weighted by atomic mass is 9.72. The van der Waals surface area contributed by atoms with E-state index in [9.17, 15) is 0 Å². The topological polar surface area (TPSA) is 64.1 Å². The lowest BCUT2D eigenvalue weighted by Gasteiger charge is -2.36. The molecule has 0 bridgehead atoms. The van der Waals surface area contributed by atoms with Gasteiger partial charge in [0.1, 0.15) is 0 Å². The molecule has 1 aliphatic rings. The quantitative estimate of drug-likeness (QED) is 0.452. The molecule has 5 N–H and O–H groups in total. The van der Waals surface area contributed by atoms with Gasteiger partial charge in [0.25, 0.3) is 0 Å². The van der Waals surface area contributed by atoms with E-state index < -0.39 is 0 Å². The van der Waals surface area contributed by atoms with Gasteiger partial charge in [-0.3, -0.25) is 11.3 Å². The second kappa shape index (κ2) is 6.25. The number of nitrogen functional groups attached to an aromatic ring is 1. The summed E-state index contributed by atoms with van der Waals surface area (Å²) in [6, 6.07) is 6.14. The lowest BCUT2D eigenvalue weighted by Crippen LogP contribution is -2.37. The molecule has 1 fully saturated rings. The van der Waals surface area contributed by atoms with Crippen LogP contribution in [0.15, 0.2) is 22.7 Å². The van der Waals surface area contributed by atoms with Crippen LogP contribution in [0.3, 0.4) is 0 Å². The molecule has 0 radical (unpaired) electrons. The molecule has 0 aromatic heterocycles. The predicted octanol–water partition coefficient (Wildman–Crippen LogP) is 3.61. The van der Waals surface area contributed by atoms with Gasteiger partial charge < -0.3 is 5.73 Å². The van der Waals surface area contributed by atoms with Crippen molar-refractivity contribution in [3.63, 3.8) is 0 Å². The molecular formula is C15H24BrN3. The zero-order chi connectivity index (χ0) is 14.0. The Morgan fingerprint density at radius 1 is 1.21 bits per heavy atom. The summed E-state index contributed by atoms with van der Waals surface area (Å²) in [5.41, 5.74) is 11.1. The van der Waals surface area contributed by atoms with Crippen molar-refractivity contribution in [3.05, 3.63) is 28.2 Å². The first-order valence-corrected chi connectivity index (χ1v) is 7.81. The Kier molecular flexibility index (Phi) is 4.87. The summed E-state index contributed by atoms with van der Waals surface area (Å²) in [6.07, 6.45) is 3.75. The summed E-state index contributed by atoms with van der Waals surface area (Å²) in [5.74, 6) is 7.90. The van der Waals surface area contributed by atoms with Crippen LogP contribution < -0.4 is 17.0 Å². The van der Waals surface area contributed by atoms with Crippen LogP contribution in [-0.4, -0.2) is 0 Å². The van der Waals surface area contributed by atoms with Crippen LogP contribution in [0.2, 0.25) is 0 Å². The van der Waals surface area contributed by atoms with Crippen LogP contribution >= 0.6 is 15.9 Å². The first-order valence-electron chi connectivity index (χ1n) is 7.02. The van der Waals surface area contributed by atoms with E-state index in [0.717, 1.165) is 27.6 Å². The van der Waals surface area contributed by atoms with Gasteiger partial charge in [0, 0.05) is 10.2 Å². The second-order valence-electron chi connectivity index (χ2n) is 6.10. The number of halogens is 1. The fraction of sp³-hybridized carbons (Fsp3) is 0.600. The Hall–Kier alpha value is -0.580. The van der Waals surface area contributed by atoms with Crippen molar-refractivity contribution < 1.29 is 0 Å². The summed E-state index contributed by atoms with van der Waals surface area (Å²) >= 11 is 3.52. The van der Waals surface area contributed by atoms with Crippen molar-refractivity contribution in [3.8, 4) is 0 Å². The molecule has 3 nitrogen and oxygen atoms in total. The molecule has 0 amide bonds. The standard InChI is InChI=1S/C15H24BrN3/c1-9-5-10(2)7-11(6-9)15(19-18)13-8-12(16)3-4-14(13)17/h3-4,8-11,15,19H,5-7,17-18H2,1-2H3. The fourth-order valence-corrected chi connectivity index (χ4v) is 3.95. The molecule has 0 saturated heterocycles. The molecule has 1 saturated carbocycles. The van der Waals surface area contributed by atoms with Crippen LogP contribution in [-0.2, 0) is 0 Å². The molecule has 0 aliphatic heterocycles. The van der Waals surface area contributed by atoms with Gasteiger partial charge in [-0.2, -0.15) is 0 Å². The number of hydrazine groups is 1. The molecule has 0 heterocycles. The summed E-state index contributed by atoms with van der Waals surface area (Å²) in [6.45, 7) is 4.67. The Labute approximate surface area is 124 Å². The SMILES string of the molecule is CC1CC(C)CC(C(NN)c2cc(Br)ccc2N)C1. The summed E-state index contributed by atoms with van der Waals surface area (Å²) in [4.78, 5) is 0. The largest absolute Gasteiger partial charge is 0.398 e. The monoisotopic (exact) mass is 325 g/mol. The van der Waals surface area contributed by atoms with Crippen LogP contribution in [0.4, 0.5) is 5.69 Å². The molecule has 2 rings (SSSR count). The maximum Gasteiger partial charge on any atom is 0.0509 e. The summed E-state index contributed by atoms with van der Waals surface area (Å²) < 4.78 is 1.05. The fourth-order valence-electron chi connectivity index (χ4n) is 3.58. The number of benzene rings is 1. The van der Waals surface area contributed by atoms with Crippen molar-refractivity contribution in [1.29, 1.82) is 0 Å². The van der Waals surface area contributed by atoms with Gasteiger partial charge in [0.15, 0.2) is 0 Å². The minimum atomic E-state index is 0.141. The number of hydrogen-bond acceptors (Lipinski definition) is 3. The van der Waals surface area contributed by atoms with E-state index in [1.165, 1.54) is 19.3 Å². The molecule has 3 atom stereocenters. The first-order chi connectivity index (χ1) is 9.01. The van der Waals surface area contributed by atoms with Gasteiger partial charge in [0.2, 0.25) is 0 Å². The van der Waals surface area contributed by atoms with Gasteiger partial charge in [-0.25, -0.2) is 0 Å². The summed E-state index contributed by atoms with van der Waals surface area (Å²) in [5, 5.41) is 0. The molecule has 1 aromatic carbocycles. The average molecular weight is 326 g/mol. The van der Waals surface area contributed by atoms with Crippen LogP contribution in [0.5, 0.6) is 0 Å². The molecule has 0 spiro atoms. The van der Waals surface area contributed by atoms with Crippen LogP contribution in [0.1, 0.15) is 44.7 Å². The number of anilines is 1. The number of nitrogens with two attached hydrogens (primary N) is 2. The van der Waals surface area contributed by atoms with Gasteiger partial charge in [-0.05, 0) is 60.8 Å². The Balaban J connectivity index is 2.26. The van der Waals surface area contributed by atoms with Crippen LogP contribution in [0.25, 0.3) is 0 Å². The molecule has 19 heavy (non-hydrogen) atoms. The van der Waals surface area contributed by atoms with Crippen molar-refractivity contribution >= 4 is 21.6 Å². The third-order valence-electron chi connectivity index (χ3n) is 4.25. The molecule has 3 unspecified atom stereocenters. The highest BCUT2D eigenvalue weighted by Gasteiger charge is 2.31. The van der Waals surface area contributed by atoms with E-state index in [0.29, 0.717) is 5.92 Å². The van der Waals surface area contributed by atoms with Gasteiger partial charge in [-0.1, -0.05) is 29.8 Å². The minimum absolute atomic E-state index is 0.141. The minimum Gasteiger partial charge on any atom is -0.398 e. The maximum atomic E-state index is 6.13. The zero-order valence-corrected chi connectivity index (χ0v) is 13.3. The highest BCUT2D eigenvalue weighted by atomic mass is 79.9. The van der Waals surface area contributed by atoms with Gasteiger partial charge in [-0.15, -0.1) is 0 Å². The number of nitrogens with one attached hydrogen (secondary N) is 1. The predicted molar refractivity (Wildman–Crippen MR) is 84.3 cm³/mol. The second-order valence-corrected chi connectivity index (χ2v) is 7.01. The van der Waals surface area contributed by atoms with Crippen molar-refractivity contribution in [2.75, 3.05) is 5.73 Å². The first kappa shape index (κ1) is 14.8. The van der Waals surface area contributed by atoms with Crippen LogP contribution in [0, 0.1) is 17.8 Å².